The Labute approximate surface area is 122 Å². The quantitative estimate of drug-likeness (QED) is 0.775. The van der Waals surface area contributed by atoms with E-state index in [2.05, 4.69) is 0 Å². The van der Waals surface area contributed by atoms with Crippen LogP contribution >= 0.6 is 0 Å². The van der Waals surface area contributed by atoms with E-state index in [1.165, 1.54) is 18.2 Å². The standard InChI is InChI=1S/C14H12F6N2/c15-13(16,17)10-3-1-2-9(11(10)14(18,19)20)12(22)6-4-8(21)5-7-12/h1-6H,7,21-22H2. The summed E-state index contributed by atoms with van der Waals surface area (Å²) in [5, 5.41) is 0. The van der Waals surface area contributed by atoms with E-state index in [0.29, 0.717) is 11.8 Å². The highest BCUT2D eigenvalue weighted by molar-refractivity contribution is 5.47. The van der Waals surface area contributed by atoms with Gasteiger partial charge >= 0.3 is 12.4 Å². The smallest absolute Gasteiger partial charge is 0.399 e. The molecule has 4 N–H and O–H groups in total. The summed E-state index contributed by atoms with van der Waals surface area (Å²) in [4.78, 5) is 0. The van der Waals surface area contributed by atoms with Gasteiger partial charge in [-0.3, -0.25) is 0 Å². The highest BCUT2D eigenvalue weighted by Crippen LogP contribution is 2.45. The molecule has 120 valence electrons. The first-order valence-corrected chi connectivity index (χ1v) is 6.17. The Balaban J connectivity index is 2.70. The fourth-order valence-electron chi connectivity index (χ4n) is 2.35. The number of alkyl halides is 6. The fourth-order valence-corrected chi connectivity index (χ4v) is 2.35. The molecule has 0 aromatic heterocycles. The van der Waals surface area contributed by atoms with Gasteiger partial charge in [-0.25, -0.2) is 0 Å². The van der Waals surface area contributed by atoms with Gasteiger partial charge in [0.2, 0.25) is 0 Å². The zero-order valence-electron chi connectivity index (χ0n) is 11.1. The third-order valence-corrected chi connectivity index (χ3v) is 3.40. The molecule has 1 aliphatic carbocycles. The van der Waals surface area contributed by atoms with E-state index < -0.39 is 34.6 Å². The van der Waals surface area contributed by atoms with Crippen LogP contribution in [-0.2, 0) is 17.9 Å². The average molecular weight is 322 g/mol. The van der Waals surface area contributed by atoms with Gasteiger partial charge in [0.05, 0.1) is 16.7 Å². The molecule has 1 aromatic carbocycles. The van der Waals surface area contributed by atoms with Crippen molar-refractivity contribution in [3.05, 3.63) is 58.8 Å². The van der Waals surface area contributed by atoms with Gasteiger partial charge in [-0.05, 0) is 24.1 Å². The molecule has 0 fully saturated rings. The Bertz CT molecular complexity index is 642. The number of allylic oxidation sites excluding steroid dienone is 1. The van der Waals surface area contributed by atoms with Gasteiger partial charge in [-0.2, -0.15) is 26.3 Å². The summed E-state index contributed by atoms with van der Waals surface area (Å²) in [7, 11) is 0. The van der Waals surface area contributed by atoms with Crippen LogP contribution in [0.2, 0.25) is 0 Å². The highest BCUT2D eigenvalue weighted by atomic mass is 19.4. The normalized spacial score (nSPS) is 22.6. The van der Waals surface area contributed by atoms with Crippen molar-refractivity contribution in [2.75, 3.05) is 0 Å². The summed E-state index contributed by atoms with van der Waals surface area (Å²) in [6.45, 7) is 0. The van der Waals surface area contributed by atoms with Crippen molar-refractivity contribution in [2.24, 2.45) is 11.5 Å². The second kappa shape index (κ2) is 5.05. The Morgan fingerprint density at radius 1 is 1.00 bits per heavy atom. The lowest BCUT2D eigenvalue weighted by molar-refractivity contribution is -0.162. The minimum atomic E-state index is -5.19. The minimum Gasteiger partial charge on any atom is -0.399 e. The van der Waals surface area contributed by atoms with Crippen molar-refractivity contribution in [3.63, 3.8) is 0 Å². The van der Waals surface area contributed by atoms with Crippen LogP contribution in [-0.4, -0.2) is 0 Å². The first-order valence-electron chi connectivity index (χ1n) is 6.17. The van der Waals surface area contributed by atoms with Crippen molar-refractivity contribution < 1.29 is 26.3 Å². The summed E-state index contributed by atoms with van der Waals surface area (Å²) in [5.41, 5.74) is 5.82. The van der Waals surface area contributed by atoms with Gasteiger partial charge in [-0.1, -0.05) is 24.3 Å². The summed E-state index contributed by atoms with van der Waals surface area (Å²) in [6, 6.07) is 2.27. The van der Waals surface area contributed by atoms with Gasteiger partial charge < -0.3 is 11.5 Å². The summed E-state index contributed by atoms with van der Waals surface area (Å²) < 4.78 is 78.4. The number of nitrogens with two attached hydrogens (primary N) is 2. The molecule has 0 saturated carbocycles. The maximum atomic E-state index is 13.2. The van der Waals surface area contributed by atoms with Gasteiger partial charge in [0.1, 0.15) is 0 Å². The van der Waals surface area contributed by atoms with E-state index in [4.69, 9.17) is 11.5 Å². The molecule has 0 heterocycles. The maximum absolute atomic E-state index is 13.2. The molecule has 8 heteroatoms. The van der Waals surface area contributed by atoms with Crippen LogP contribution in [0.15, 0.2) is 42.1 Å². The molecule has 0 amide bonds. The molecule has 0 spiro atoms. The van der Waals surface area contributed by atoms with Gasteiger partial charge in [0.25, 0.3) is 0 Å². The van der Waals surface area contributed by atoms with Gasteiger partial charge in [0.15, 0.2) is 0 Å². The van der Waals surface area contributed by atoms with E-state index in [1.807, 2.05) is 0 Å². The van der Waals surface area contributed by atoms with Crippen LogP contribution < -0.4 is 11.5 Å². The van der Waals surface area contributed by atoms with Crippen LogP contribution in [0.4, 0.5) is 26.3 Å². The molecule has 1 aliphatic rings. The fraction of sp³-hybridized carbons (Fsp3) is 0.286. The topological polar surface area (TPSA) is 52.0 Å². The minimum absolute atomic E-state index is 0.125. The second-order valence-corrected chi connectivity index (χ2v) is 5.01. The van der Waals surface area contributed by atoms with Crippen LogP contribution in [0.1, 0.15) is 23.1 Å². The average Bonchev–Trinajstić information content (AvgIpc) is 2.39. The molecule has 2 nitrogen and oxygen atoms in total. The van der Waals surface area contributed by atoms with Crippen molar-refractivity contribution in [1.82, 2.24) is 0 Å². The molecule has 22 heavy (non-hydrogen) atoms. The predicted molar refractivity (Wildman–Crippen MR) is 68.3 cm³/mol. The second-order valence-electron chi connectivity index (χ2n) is 5.01. The molecular formula is C14H12F6N2. The Hall–Kier alpha value is -1.96. The SMILES string of the molecule is NC1=CCC(N)(c2cccc(C(F)(F)F)c2C(F)(F)F)C=C1. The number of halogens is 6. The number of benzene rings is 1. The van der Waals surface area contributed by atoms with Crippen LogP contribution in [0.5, 0.6) is 0 Å². The third-order valence-electron chi connectivity index (χ3n) is 3.40. The van der Waals surface area contributed by atoms with Crippen LogP contribution in [0.3, 0.4) is 0 Å². The molecule has 0 aliphatic heterocycles. The largest absolute Gasteiger partial charge is 0.417 e. The number of hydrogen-bond donors (Lipinski definition) is 2. The Morgan fingerprint density at radius 2 is 1.64 bits per heavy atom. The first kappa shape index (κ1) is 16.4. The lowest BCUT2D eigenvalue weighted by Gasteiger charge is -2.32. The third kappa shape index (κ3) is 2.96. The van der Waals surface area contributed by atoms with Crippen molar-refractivity contribution in [3.8, 4) is 0 Å². The lowest BCUT2D eigenvalue weighted by Crippen LogP contribution is -2.38. The van der Waals surface area contributed by atoms with Crippen LogP contribution in [0, 0.1) is 0 Å². The summed E-state index contributed by atoms with van der Waals surface area (Å²) in [6.07, 6.45) is -6.60. The van der Waals surface area contributed by atoms with E-state index in [9.17, 15) is 26.3 Å². The lowest BCUT2D eigenvalue weighted by atomic mass is 9.80. The van der Waals surface area contributed by atoms with Crippen molar-refractivity contribution in [2.45, 2.75) is 24.3 Å². The molecular weight excluding hydrogens is 310 g/mol. The molecule has 0 radical (unpaired) electrons. The van der Waals surface area contributed by atoms with Crippen LogP contribution in [0.25, 0.3) is 0 Å². The molecule has 1 unspecified atom stereocenters. The summed E-state index contributed by atoms with van der Waals surface area (Å²) in [5.74, 6) is 0. The zero-order valence-corrected chi connectivity index (χ0v) is 11.1. The highest BCUT2D eigenvalue weighted by Gasteiger charge is 2.47. The molecule has 0 bridgehead atoms. The number of hydrogen-bond acceptors (Lipinski definition) is 2. The molecule has 1 aromatic rings. The molecule has 0 saturated heterocycles. The monoisotopic (exact) mass is 322 g/mol. The van der Waals surface area contributed by atoms with E-state index >= 15 is 0 Å². The molecule has 2 rings (SSSR count). The van der Waals surface area contributed by atoms with Crippen molar-refractivity contribution >= 4 is 0 Å². The summed E-state index contributed by atoms with van der Waals surface area (Å²) >= 11 is 0. The van der Waals surface area contributed by atoms with Gasteiger partial charge in [0, 0.05) is 5.70 Å². The first-order chi connectivity index (χ1) is 9.95. The number of rotatable bonds is 1. The van der Waals surface area contributed by atoms with Crippen molar-refractivity contribution in [1.29, 1.82) is 0 Å². The van der Waals surface area contributed by atoms with E-state index in [1.54, 1.807) is 0 Å². The zero-order chi connectivity index (χ0) is 16.8. The predicted octanol–water partition coefficient (Wildman–Crippen LogP) is 3.68. The van der Waals surface area contributed by atoms with Gasteiger partial charge in [-0.15, -0.1) is 0 Å². The maximum Gasteiger partial charge on any atom is 0.417 e. The van der Waals surface area contributed by atoms with E-state index in [0.717, 1.165) is 12.1 Å². The Morgan fingerprint density at radius 3 is 2.09 bits per heavy atom. The molecule has 1 atom stereocenters. The Kier molecular flexibility index (Phi) is 3.76. The van der Waals surface area contributed by atoms with E-state index in [-0.39, 0.29) is 6.42 Å².